The number of benzene rings is 1. The van der Waals surface area contributed by atoms with Crippen molar-refractivity contribution in [1.29, 1.82) is 0 Å². The second-order valence-electron chi connectivity index (χ2n) is 8.06. The summed E-state index contributed by atoms with van der Waals surface area (Å²) in [6.07, 6.45) is 6.74. The number of hydrogen-bond donors (Lipinski definition) is 0. The molecule has 1 aromatic carbocycles. The summed E-state index contributed by atoms with van der Waals surface area (Å²) in [6, 6.07) is 13.0. The molecule has 2 saturated carbocycles. The van der Waals surface area contributed by atoms with Crippen LogP contribution in [0.15, 0.2) is 59.8 Å². The first-order valence-electron chi connectivity index (χ1n) is 10.2. The zero-order chi connectivity index (χ0) is 20.4. The van der Waals surface area contributed by atoms with Crippen molar-refractivity contribution in [3.8, 4) is 0 Å². The van der Waals surface area contributed by atoms with Crippen LogP contribution in [-0.4, -0.2) is 47.1 Å². The maximum absolute atomic E-state index is 13.3. The fourth-order valence-electron chi connectivity index (χ4n) is 3.70. The van der Waals surface area contributed by atoms with Crippen molar-refractivity contribution in [1.82, 2.24) is 14.2 Å². The van der Waals surface area contributed by atoms with E-state index in [-0.39, 0.29) is 29.4 Å². The zero-order valence-electron chi connectivity index (χ0n) is 16.6. The van der Waals surface area contributed by atoms with Crippen LogP contribution < -0.4 is 0 Å². The second kappa shape index (κ2) is 8.24. The molecule has 2 aliphatic carbocycles. The number of amides is 1. The van der Waals surface area contributed by atoms with Crippen molar-refractivity contribution < 1.29 is 13.2 Å². The summed E-state index contributed by atoms with van der Waals surface area (Å²) in [6.45, 7) is 2.46. The first-order chi connectivity index (χ1) is 14.0. The Morgan fingerprint density at radius 1 is 1.10 bits per heavy atom. The molecule has 0 spiro atoms. The quantitative estimate of drug-likeness (QED) is 0.633. The van der Waals surface area contributed by atoms with Crippen molar-refractivity contribution >= 4 is 15.9 Å². The first-order valence-corrected chi connectivity index (χ1v) is 11.7. The molecule has 0 radical (unpaired) electrons. The third-order valence-electron chi connectivity index (χ3n) is 5.80. The summed E-state index contributed by atoms with van der Waals surface area (Å²) in [5.41, 5.74) is 1.06. The number of sulfonamides is 1. The van der Waals surface area contributed by atoms with Crippen molar-refractivity contribution in [2.45, 2.75) is 56.1 Å². The third kappa shape index (κ3) is 4.67. The van der Waals surface area contributed by atoms with Crippen LogP contribution in [-0.2, 0) is 21.4 Å². The van der Waals surface area contributed by atoms with Crippen LogP contribution in [0.5, 0.6) is 0 Å². The molecule has 1 atom stereocenters. The lowest BCUT2D eigenvalue weighted by Crippen LogP contribution is -2.47. The minimum absolute atomic E-state index is 0.0982. The number of aromatic nitrogens is 1. The predicted octanol–water partition coefficient (Wildman–Crippen LogP) is 3.06. The topological polar surface area (TPSA) is 70.6 Å². The van der Waals surface area contributed by atoms with Gasteiger partial charge in [0.15, 0.2) is 0 Å². The van der Waals surface area contributed by atoms with E-state index in [4.69, 9.17) is 0 Å². The SMILES string of the molecule is CC(C1CC1)N(Cc1ccccc1)C(=O)CN(C1CC1)S(=O)(=O)c1cccnc1. The number of hydrogen-bond acceptors (Lipinski definition) is 4. The predicted molar refractivity (Wildman–Crippen MR) is 110 cm³/mol. The fourth-order valence-corrected chi connectivity index (χ4v) is 5.30. The van der Waals surface area contributed by atoms with Gasteiger partial charge in [0.1, 0.15) is 4.90 Å². The normalized spacial score (nSPS) is 17.9. The van der Waals surface area contributed by atoms with Gasteiger partial charge in [-0.2, -0.15) is 4.31 Å². The van der Waals surface area contributed by atoms with Crippen molar-refractivity contribution in [3.63, 3.8) is 0 Å². The van der Waals surface area contributed by atoms with Crippen molar-refractivity contribution in [3.05, 3.63) is 60.4 Å². The highest BCUT2D eigenvalue weighted by atomic mass is 32.2. The molecule has 1 heterocycles. The van der Waals surface area contributed by atoms with E-state index in [2.05, 4.69) is 11.9 Å². The van der Waals surface area contributed by atoms with Gasteiger partial charge < -0.3 is 4.90 Å². The Hall–Kier alpha value is -2.25. The summed E-state index contributed by atoms with van der Waals surface area (Å²) in [4.78, 5) is 19.3. The molecule has 29 heavy (non-hydrogen) atoms. The third-order valence-corrected chi connectivity index (χ3v) is 7.68. The molecule has 4 rings (SSSR count). The molecule has 7 heteroatoms. The summed E-state index contributed by atoms with van der Waals surface area (Å²) in [7, 11) is -3.75. The van der Waals surface area contributed by atoms with Gasteiger partial charge in [-0.05, 0) is 56.2 Å². The van der Waals surface area contributed by atoms with Crippen LogP contribution >= 0.6 is 0 Å². The number of carbonyl (C=O) groups is 1. The van der Waals surface area contributed by atoms with Crippen molar-refractivity contribution in [2.24, 2.45) is 5.92 Å². The van der Waals surface area contributed by atoms with Gasteiger partial charge in [0.25, 0.3) is 0 Å². The van der Waals surface area contributed by atoms with E-state index < -0.39 is 10.0 Å². The van der Waals surface area contributed by atoms with E-state index >= 15 is 0 Å². The van der Waals surface area contributed by atoms with Crippen LogP contribution in [0.25, 0.3) is 0 Å². The van der Waals surface area contributed by atoms with Gasteiger partial charge in [-0.25, -0.2) is 8.42 Å². The second-order valence-corrected chi connectivity index (χ2v) is 9.95. The minimum Gasteiger partial charge on any atom is -0.334 e. The lowest BCUT2D eigenvalue weighted by Gasteiger charge is -2.32. The van der Waals surface area contributed by atoms with Gasteiger partial charge in [0.2, 0.25) is 15.9 Å². The summed E-state index contributed by atoms with van der Waals surface area (Å²) >= 11 is 0. The van der Waals surface area contributed by atoms with E-state index in [1.807, 2.05) is 35.2 Å². The number of carbonyl (C=O) groups excluding carboxylic acids is 1. The Kier molecular flexibility index (Phi) is 5.69. The van der Waals surface area contributed by atoms with Crippen molar-refractivity contribution in [2.75, 3.05) is 6.54 Å². The standard InChI is InChI=1S/C22H27N3O3S/c1-17(19-9-10-19)24(15-18-6-3-2-4-7-18)22(26)16-25(20-11-12-20)29(27,28)21-8-5-13-23-14-21/h2-8,13-14,17,19-20H,9-12,15-16H2,1H3. The van der Waals surface area contributed by atoms with Gasteiger partial charge in [-0.1, -0.05) is 30.3 Å². The first kappa shape index (κ1) is 20.0. The van der Waals surface area contributed by atoms with Crippen LogP contribution in [0.3, 0.4) is 0 Å². The van der Waals surface area contributed by atoms with Gasteiger partial charge in [0.05, 0.1) is 6.54 Å². The zero-order valence-corrected chi connectivity index (χ0v) is 17.5. The Morgan fingerprint density at radius 3 is 2.41 bits per heavy atom. The number of nitrogens with zero attached hydrogens (tertiary/aromatic N) is 3. The van der Waals surface area contributed by atoms with Crippen LogP contribution in [0.4, 0.5) is 0 Å². The molecule has 154 valence electrons. The molecule has 0 N–H and O–H groups in total. The molecule has 0 bridgehead atoms. The highest BCUT2D eigenvalue weighted by Gasteiger charge is 2.41. The maximum atomic E-state index is 13.3. The lowest BCUT2D eigenvalue weighted by atomic mass is 10.1. The number of rotatable bonds is 9. The van der Waals surface area contributed by atoms with E-state index in [1.165, 1.54) is 16.6 Å². The van der Waals surface area contributed by atoms with Gasteiger partial charge in [0, 0.05) is 31.0 Å². The van der Waals surface area contributed by atoms with Gasteiger partial charge in [-0.3, -0.25) is 9.78 Å². The molecule has 1 aromatic heterocycles. The molecule has 1 amide bonds. The molecule has 6 nitrogen and oxygen atoms in total. The van der Waals surface area contributed by atoms with E-state index in [1.54, 1.807) is 12.3 Å². The molecule has 2 fully saturated rings. The maximum Gasteiger partial charge on any atom is 0.245 e. The Bertz CT molecular complexity index is 942. The van der Waals surface area contributed by atoms with Crippen LogP contribution in [0, 0.1) is 5.92 Å². The molecule has 0 saturated heterocycles. The number of pyridine rings is 1. The smallest absolute Gasteiger partial charge is 0.245 e. The molecule has 2 aliphatic rings. The Labute approximate surface area is 172 Å². The minimum atomic E-state index is -3.75. The Balaban J connectivity index is 1.56. The fraction of sp³-hybridized carbons (Fsp3) is 0.455. The van der Waals surface area contributed by atoms with E-state index in [9.17, 15) is 13.2 Å². The molecular weight excluding hydrogens is 386 g/mol. The average molecular weight is 414 g/mol. The largest absolute Gasteiger partial charge is 0.334 e. The molecule has 2 aromatic rings. The summed E-state index contributed by atoms with van der Waals surface area (Å²) in [5, 5.41) is 0. The lowest BCUT2D eigenvalue weighted by molar-refractivity contribution is -0.134. The van der Waals surface area contributed by atoms with Gasteiger partial charge >= 0.3 is 0 Å². The average Bonchev–Trinajstić information content (AvgIpc) is 3.64. The highest BCUT2D eigenvalue weighted by Crippen LogP contribution is 2.36. The summed E-state index contributed by atoms with van der Waals surface area (Å²) < 4.78 is 27.7. The Morgan fingerprint density at radius 2 is 1.83 bits per heavy atom. The van der Waals surface area contributed by atoms with Crippen LogP contribution in [0.1, 0.15) is 38.2 Å². The van der Waals surface area contributed by atoms with E-state index in [0.717, 1.165) is 31.2 Å². The molecular formula is C22H27N3O3S. The monoisotopic (exact) mass is 413 g/mol. The molecule has 0 aliphatic heterocycles. The molecule has 1 unspecified atom stereocenters. The summed E-state index contributed by atoms with van der Waals surface area (Å²) in [5.74, 6) is 0.375. The van der Waals surface area contributed by atoms with E-state index in [0.29, 0.717) is 12.5 Å². The highest BCUT2D eigenvalue weighted by molar-refractivity contribution is 7.89. The van der Waals surface area contributed by atoms with Gasteiger partial charge in [-0.15, -0.1) is 0 Å². The van der Waals surface area contributed by atoms with Crippen LogP contribution in [0.2, 0.25) is 0 Å².